The Labute approximate surface area is 261 Å². The van der Waals surface area contributed by atoms with Crippen molar-refractivity contribution in [2.24, 2.45) is 34.3 Å². The highest BCUT2D eigenvalue weighted by atomic mass is 32.2. The third-order valence-electron chi connectivity index (χ3n) is 10.4. The number of urea groups is 1. The molecule has 4 aliphatic rings. The van der Waals surface area contributed by atoms with Crippen molar-refractivity contribution in [1.82, 2.24) is 20.9 Å². The predicted octanol–water partition coefficient (Wildman–Crippen LogP) is 1.66. The van der Waals surface area contributed by atoms with Gasteiger partial charge in [0.2, 0.25) is 17.6 Å². The number of rotatable bonds is 12. The number of carbonyl (C=O) groups excluding carboxylic acids is 5. The van der Waals surface area contributed by atoms with Crippen molar-refractivity contribution in [2.75, 3.05) is 18.6 Å². The van der Waals surface area contributed by atoms with Crippen LogP contribution in [0.2, 0.25) is 0 Å². The van der Waals surface area contributed by atoms with E-state index >= 15 is 0 Å². The largest absolute Gasteiger partial charge is 0.363 e. The second kappa shape index (κ2) is 12.2. The zero-order valence-corrected chi connectivity index (χ0v) is 27.8. The fraction of sp³-hybridized carbons (Fsp3) is 0.839. The van der Waals surface area contributed by atoms with Gasteiger partial charge in [-0.05, 0) is 54.3 Å². The molecular formula is C31H51N5O7S. The first kappa shape index (κ1) is 34.2. The number of likely N-dealkylation sites (tertiary alicyclic amines) is 1. The van der Waals surface area contributed by atoms with Crippen LogP contribution in [0, 0.1) is 28.6 Å². The molecule has 1 heterocycles. The van der Waals surface area contributed by atoms with E-state index in [0.717, 1.165) is 32.1 Å². The van der Waals surface area contributed by atoms with Gasteiger partial charge >= 0.3 is 6.03 Å². The molecule has 0 aromatic heterocycles. The zero-order chi connectivity index (χ0) is 32.8. The Morgan fingerprint density at radius 2 is 1.61 bits per heavy atom. The average Bonchev–Trinajstić information content (AvgIpc) is 3.76. The maximum atomic E-state index is 14.2. The van der Waals surface area contributed by atoms with Gasteiger partial charge in [0.15, 0.2) is 0 Å². The van der Waals surface area contributed by atoms with Crippen LogP contribution in [0.3, 0.4) is 0 Å². The highest BCUT2D eigenvalue weighted by Crippen LogP contribution is 2.65. The van der Waals surface area contributed by atoms with Crippen molar-refractivity contribution in [3.8, 4) is 0 Å². The van der Waals surface area contributed by atoms with Gasteiger partial charge in [-0.15, -0.1) is 0 Å². The molecule has 1 aliphatic heterocycles. The second-order valence-electron chi connectivity index (χ2n) is 15.5. The molecule has 0 aromatic rings. The normalized spacial score (nSPS) is 27.0. The van der Waals surface area contributed by atoms with Crippen molar-refractivity contribution in [3.63, 3.8) is 0 Å². The monoisotopic (exact) mass is 637 g/mol. The number of nitrogens with two attached hydrogens (primary N) is 1. The molecule has 13 heteroatoms. The highest BCUT2D eigenvalue weighted by Gasteiger charge is 2.70. The number of nitrogens with zero attached hydrogens (tertiary/aromatic N) is 1. The summed E-state index contributed by atoms with van der Waals surface area (Å²) in [6.07, 6.45) is 7.71. The number of fused-ring (bicyclic) bond motifs is 1. The fourth-order valence-electron chi connectivity index (χ4n) is 7.43. The summed E-state index contributed by atoms with van der Waals surface area (Å²) in [6.45, 7) is 9.94. The lowest BCUT2D eigenvalue weighted by Gasteiger charge is -2.41. The van der Waals surface area contributed by atoms with E-state index in [1.165, 1.54) is 11.2 Å². The average molecular weight is 638 g/mol. The van der Waals surface area contributed by atoms with Crippen LogP contribution in [0.4, 0.5) is 4.79 Å². The number of sulfone groups is 1. The third-order valence-corrected chi connectivity index (χ3v) is 11.4. The number of carbonyl (C=O) groups is 5. The molecule has 44 heavy (non-hydrogen) atoms. The van der Waals surface area contributed by atoms with E-state index in [1.54, 1.807) is 0 Å². The Balaban J connectivity index is 1.52. The first-order valence-corrected chi connectivity index (χ1v) is 18.0. The van der Waals surface area contributed by atoms with E-state index in [9.17, 15) is 32.4 Å². The molecule has 0 aromatic carbocycles. The molecule has 5 amide bonds. The van der Waals surface area contributed by atoms with E-state index in [2.05, 4.69) is 16.0 Å². The van der Waals surface area contributed by atoms with Crippen LogP contribution >= 0.6 is 0 Å². The summed E-state index contributed by atoms with van der Waals surface area (Å²) in [7, 11) is -3.23. The van der Waals surface area contributed by atoms with Crippen LogP contribution in [-0.2, 0) is 29.0 Å². The number of hydrogen-bond donors (Lipinski definition) is 4. The number of ketones is 1. The summed E-state index contributed by atoms with van der Waals surface area (Å²) in [5.41, 5.74) is 3.70. The van der Waals surface area contributed by atoms with Crippen molar-refractivity contribution in [2.45, 2.75) is 116 Å². The number of primary amides is 1. The molecule has 248 valence electrons. The smallest absolute Gasteiger partial charge is 0.315 e. The molecule has 12 nitrogen and oxygen atoms in total. The molecule has 3 saturated carbocycles. The van der Waals surface area contributed by atoms with Gasteiger partial charge in [0.1, 0.15) is 21.9 Å². The first-order chi connectivity index (χ1) is 20.3. The maximum absolute atomic E-state index is 14.2. The molecule has 0 bridgehead atoms. The summed E-state index contributed by atoms with van der Waals surface area (Å²) < 4.78 is 23.9. The second-order valence-corrected chi connectivity index (χ2v) is 17.7. The minimum Gasteiger partial charge on any atom is -0.363 e. The molecule has 1 unspecified atom stereocenters. The van der Waals surface area contributed by atoms with Gasteiger partial charge in [0.25, 0.3) is 5.91 Å². The van der Waals surface area contributed by atoms with Crippen LogP contribution in [0.5, 0.6) is 0 Å². The minimum atomic E-state index is -3.23. The molecule has 4 rings (SSSR count). The summed E-state index contributed by atoms with van der Waals surface area (Å²) in [5.74, 6) is -2.69. The Hall–Kier alpha value is -2.70. The minimum absolute atomic E-state index is 0.0436. The van der Waals surface area contributed by atoms with Crippen molar-refractivity contribution in [1.29, 1.82) is 0 Å². The van der Waals surface area contributed by atoms with Gasteiger partial charge in [-0.1, -0.05) is 66.7 Å². The summed E-state index contributed by atoms with van der Waals surface area (Å²) in [6, 6.07) is -3.43. The number of nitrogens with one attached hydrogen (secondary N) is 3. The van der Waals surface area contributed by atoms with Gasteiger partial charge in [-0.2, -0.15) is 0 Å². The van der Waals surface area contributed by atoms with E-state index in [0.29, 0.717) is 32.2 Å². The number of Topliss-reactive ketones (excluding diaryl/α,β-unsaturated/α-hetero) is 1. The summed E-state index contributed by atoms with van der Waals surface area (Å²) in [4.78, 5) is 67.4. The lowest BCUT2D eigenvalue weighted by molar-refractivity contribution is -0.145. The molecule has 5 atom stereocenters. The van der Waals surface area contributed by atoms with Crippen LogP contribution in [0.15, 0.2) is 0 Å². The van der Waals surface area contributed by atoms with Gasteiger partial charge in [0, 0.05) is 18.3 Å². The quantitative estimate of drug-likeness (QED) is 0.234. The Kier molecular flexibility index (Phi) is 9.51. The SMILES string of the molecule is CC(C)(C)[C@H](NC(=O)NC1(CCS(C)(=O)=O)CCCCC1)C(=O)N1C[C@H]2[C@@H]([C@H]1C(=O)NC(CC1CC1)C(=O)C(N)=O)C2(C)C. The van der Waals surface area contributed by atoms with Crippen LogP contribution < -0.4 is 21.7 Å². The molecule has 0 spiro atoms. The lowest BCUT2D eigenvalue weighted by Crippen LogP contribution is -2.63. The number of piperidine rings is 1. The predicted molar refractivity (Wildman–Crippen MR) is 165 cm³/mol. The van der Waals surface area contributed by atoms with Crippen LogP contribution in [-0.4, -0.2) is 85.1 Å². The van der Waals surface area contributed by atoms with Gasteiger partial charge in [-0.25, -0.2) is 13.2 Å². The number of amides is 5. The van der Waals surface area contributed by atoms with E-state index in [4.69, 9.17) is 5.73 Å². The van der Waals surface area contributed by atoms with Gasteiger partial charge < -0.3 is 26.6 Å². The maximum Gasteiger partial charge on any atom is 0.315 e. The van der Waals surface area contributed by atoms with Crippen molar-refractivity contribution >= 4 is 39.4 Å². The van der Waals surface area contributed by atoms with Gasteiger partial charge in [-0.3, -0.25) is 19.2 Å². The molecular weight excluding hydrogens is 586 g/mol. The van der Waals surface area contributed by atoms with Crippen molar-refractivity contribution in [3.05, 3.63) is 0 Å². The molecule has 5 N–H and O–H groups in total. The number of hydrogen-bond acceptors (Lipinski definition) is 7. The van der Waals surface area contributed by atoms with E-state index in [1.807, 2.05) is 34.6 Å². The molecule has 3 aliphatic carbocycles. The van der Waals surface area contributed by atoms with E-state index < -0.39 is 68.5 Å². The Bertz CT molecular complexity index is 1280. The molecule has 1 saturated heterocycles. The van der Waals surface area contributed by atoms with E-state index in [-0.39, 0.29) is 28.9 Å². The highest BCUT2D eigenvalue weighted by molar-refractivity contribution is 7.90. The van der Waals surface area contributed by atoms with Crippen LogP contribution in [0.25, 0.3) is 0 Å². The summed E-state index contributed by atoms with van der Waals surface area (Å²) >= 11 is 0. The standard InChI is InChI=1S/C31H51N5O7S/c1-29(2,3)24(34-28(41)35-31(12-8-7-9-13-31)14-15-44(6,42)43)27(40)36-17-19-21(30(19,4)5)22(36)26(39)33-20(16-18-10-11-18)23(37)25(32)38/h18-22,24H,7-17H2,1-6H3,(H2,32,38)(H,33,39)(H2,34,35,41)/t19-,20?,21-,22-,24+/m0/s1. The molecule has 4 fully saturated rings. The Morgan fingerprint density at radius 1 is 1.00 bits per heavy atom. The van der Waals surface area contributed by atoms with Crippen LogP contribution in [0.1, 0.15) is 92.4 Å². The third kappa shape index (κ3) is 7.74. The lowest BCUT2D eigenvalue weighted by atomic mass is 9.79. The van der Waals surface area contributed by atoms with Gasteiger partial charge in [0.05, 0.1) is 11.8 Å². The Morgan fingerprint density at radius 3 is 2.14 bits per heavy atom. The summed E-state index contributed by atoms with van der Waals surface area (Å²) in [5, 5.41) is 8.69. The zero-order valence-electron chi connectivity index (χ0n) is 27.0. The molecule has 0 radical (unpaired) electrons. The first-order valence-electron chi connectivity index (χ1n) is 16.0. The fourth-order valence-corrected chi connectivity index (χ4v) is 8.19. The van der Waals surface area contributed by atoms with Crippen molar-refractivity contribution < 1.29 is 32.4 Å². The topological polar surface area (TPSA) is 185 Å².